The van der Waals surface area contributed by atoms with Crippen LogP contribution in [-0.4, -0.2) is 35.4 Å². The van der Waals surface area contributed by atoms with Crippen molar-refractivity contribution in [2.45, 2.75) is 38.8 Å². The summed E-state index contributed by atoms with van der Waals surface area (Å²) in [6.45, 7) is 8.50. The minimum atomic E-state index is -0.257. The van der Waals surface area contributed by atoms with Crippen molar-refractivity contribution in [2.75, 3.05) is 19.8 Å². The molecule has 0 radical (unpaired) electrons. The fraction of sp³-hybridized carbons (Fsp3) is 0.562. The summed E-state index contributed by atoms with van der Waals surface area (Å²) in [5, 5.41) is 3.45. The zero-order valence-corrected chi connectivity index (χ0v) is 12.8. The summed E-state index contributed by atoms with van der Waals surface area (Å²) < 4.78 is 21.8. The summed E-state index contributed by atoms with van der Waals surface area (Å²) in [5.41, 5.74) is 1.32. The number of rotatable bonds is 4. The third kappa shape index (κ3) is 2.45. The number of likely N-dealkylation sites (N-methyl/N-ethyl adjacent to an activating group) is 1. The summed E-state index contributed by atoms with van der Waals surface area (Å²) in [6.07, 6.45) is 0. The first-order valence-corrected chi connectivity index (χ1v) is 7.61. The van der Waals surface area contributed by atoms with E-state index in [1.807, 2.05) is 6.07 Å². The van der Waals surface area contributed by atoms with E-state index in [0.29, 0.717) is 18.7 Å². The Labute approximate surface area is 124 Å². The number of nitrogens with one attached hydrogen (secondary N) is 1. The van der Waals surface area contributed by atoms with Crippen molar-refractivity contribution in [3.63, 3.8) is 0 Å². The lowest BCUT2D eigenvalue weighted by molar-refractivity contribution is 0.187. The van der Waals surface area contributed by atoms with Gasteiger partial charge in [0.2, 0.25) is 0 Å². The largest absolute Gasteiger partial charge is 0.379 e. The van der Waals surface area contributed by atoms with Gasteiger partial charge in [-0.2, -0.15) is 0 Å². The number of para-hydroxylation sites is 1. The maximum absolute atomic E-state index is 14.1. The molecule has 1 aromatic carbocycles. The van der Waals surface area contributed by atoms with Crippen molar-refractivity contribution in [3.8, 4) is 0 Å². The highest BCUT2D eigenvalue weighted by atomic mass is 19.1. The number of hydrogen-bond acceptors (Lipinski definition) is 3. The van der Waals surface area contributed by atoms with Gasteiger partial charge >= 0.3 is 0 Å². The van der Waals surface area contributed by atoms with Crippen molar-refractivity contribution in [3.05, 3.63) is 29.8 Å². The lowest BCUT2D eigenvalue weighted by atomic mass is 10.0. The van der Waals surface area contributed by atoms with Crippen molar-refractivity contribution >= 4 is 11.0 Å². The van der Waals surface area contributed by atoms with Crippen LogP contribution < -0.4 is 5.32 Å². The summed E-state index contributed by atoms with van der Waals surface area (Å²) in [6, 6.07) is 5.63. The maximum atomic E-state index is 14.1. The van der Waals surface area contributed by atoms with Gasteiger partial charge in [-0.15, -0.1) is 0 Å². The van der Waals surface area contributed by atoms with E-state index in [1.165, 1.54) is 6.07 Å². The second-order valence-corrected chi connectivity index (χ2v) is 5.85. The molecule has 2 aromatic rings. The number of ether oxygens (including phenoxy) is 1. The Morgan fingerprint density at radius 3 is 2.95 bits per heavy atom. The number of halogens is 1. The number of aromatic nitrogens is 2. The number of hydrogen-bond donors (Lipinski definition) is 1. The molecule has 3 rings (SSSR count). The molecule has 0 aliphatic carbocycles. The normalized spacial score (nSPS) is 22.5. The molecule has 21 heavy (non-hydrogen) atoms. The van der Waals surface area contributed by atoms with E-state index in [2.05, 4.69) is 35.6 Å². The van der Waals surface area contributed by atoms with Crippen LogP contribution in [0.15, 0.2) is 18.2 Å². The fourth-order valence-corrected chi connectivity index (χ4v) is 3.18. The quantitative estimate of drug-likeness (QED) is 0.941. The minimum Gasteiger partial charge on any atom is -0.379 e. The van der Waals surface area contributed by atoms with Crippen LogP contribution in [0.4, 0.5) is 4.39 Å². The first-order chi connectivity index (χ1) is 10.1. The van der Waals surface area contributed by atoms with Gasteiger partial charge in [0.25, 0.3) is 0 Å². The van der Waals surface area contributed by atoms with Crippen LogP contribution in [0.5, 0.6) is 0 Å². The summed E-state index contributed by atoms with van der Waals surface area (Å²) in [5.74, 6) is 0.833. The van der Waals surface area contributed by atoms with Gasteiger partial charge in [-0.1, -0.05) is 13.0 Å². The fourth-order valence-electron chi connectivity index (χ4n) is 3.18. The monoisotopic (exact) mass is 291 g/mol. The Morgan fingerprint density at radius 2 is 2.24 bits per heavy atom. The molecule has 0 saturated carbocycles. The molecule has 2 atom stereocenters. The molecule has 1 aliphatic rings. The van der Waals surface area contributed by atoms with Crippen molar-refractivity contribution in [2.24, 2.45) is 0 Å². The Morgan fingerprint density at radius 1 is 1.43 bits per heavy atom. The average Bonchev–Trinajstić information content (AvgIpc) is 3.03. The van der Waals surface area contributed by atoms with Gasteiger partial charge < -0.3 is 14.6 Å². The SMILES string of the molecule is CCNC1COCC1c1nc2c(F)cccc2n1C(C)C. The molecule has 114 valence electrons. The molecule has 0 bridgehead atoms. The zero-order chi connectivity index (χ0) is 15.0. The van der Waals surface area contributed by atoms with Crippen LogP contribution in [0.2, 0.25) is 0 Å². The van der Waals surface area contributed by atoms with Gasteiger partial charge in [-0.05, 0) is 32.5 Å². The van der Waals surface area contributed by atoms with Gasteiger partial charge in [0, 0.05) is 12.1 Å². The van der Waals surface area contributed by atoms with E-state index in [4.69, 9.17) is 4.74 Å². The molecule has 2 unspecified atom stereocenters. The maximum Gasteiger partial charge on any atom is 0.151 e. The van der Waals surface area contributed by atoms with Gasteiger partial charge in [0.05, 0.1) is 24.6 Å². The van der Waals surface area contributed by atoms with Gasteiger partial charge in [0.1, 0.15) is 11.3 Å². The predicted molar refractivity (Wildman–Crippen MR) is 81.1 cm³/mol. The minimum absolute atomic E-state index is 0.166. The van der Waals surface area contributed by atoms with E-state index >= 15 is 0 Å². The lowest BCUT2D eigenvalue weighted by Crippen LogP contribution is -2.35. The van der Waals surface area contributed by atoms with Crippen LogP contribution in [0.3, 0.4) is 0 Å². The van der Waals surface area contributed by atoms with Crippen molar-refractivity contribution in [1.82, 2.24) is 14.9 Å². The second-order valence-electron chi connectivity index (χ2n) is 5.85. The van der Waals surface area contributed by atoms with Crippen molar-refractivity contribution < 1.29 is 9.13 Å². The van der Waals surface area contributed by atoms with E-state index in [9.17, 15) is 4.39 Å². The number of imidazole rings is 1. The Hall–Kier alpha value is -1.46. The van der Waals surface area contributed by atoms with Crippen molar-refractivity contribution in [1.29, 1.82) is 0 Å². The lowest BCUT2D eigenvalue weighted by Gasteiger charge is -2.21. The predicted octanol–water partition coefficient (Wildman–Crippen LogP) is 2.85. The van der Waals surface area contributed by atoms with E-state index in [1.54, 1.807) is 6.07 Å². The molecule has 1 saturated heterocycles. The Balaban J connectivity index is 2.13. The molecule has 1 N–H and O–H groups in total. The van der Waals surface area contributed by atoms with Crippen LogP contribution in [-0.2, 0) is 4.74 Å². The molecule has 1 aliphatic heterocycles. The molecule has 0 amide bonds. The first kappa shape index (κ1) is 14.5. The van der Waals surface area contributed by atoms with Gasteiger partial charge in [-0.25, -0.2) is 9.37 Å². The van der Waals surface area contributed by atoms with E-state index < -0.39 is 0 Å². The third-order valence-corrected chi connectivity index (χ3v) is 4.09. The smallest absolute Gasteiger partial charge is 0.151 e. The summed E-state index contributed by atoms with van der Waals surface area (Å²) >= 11 is 0. The Kier molecular flexibility index (Phi) is 3.95. The molecular weight excluding hydrogens is 269 g/mol. The molecule has 2 heterocycles. The molecule has 1 fully saturated rings. The standard InChI is InChI=1S/C16H22FN3O/c1-4-18-13-9-21-8-11(13)16-19-15-12(17)6-5-7-14(15)20(16)10(2)3/h5-7,10-11,13,18H,4,8-9H2,1-3H3. The van der Waals surface area contributed by atoms with Crippen LogP contribution in [0.1, 0.15) is 38.6 Å². The van der Waals surface area contributed by atoms with Crippen LogP contribution in [0.25, 0.3) is 11.0 Å². The number of benzene rings is 1. The molecule has 4 nitrogen and oxygen atoms in total. The molecular formula is C16H22FN3O. The molecule has 0 spiro atoms. The number of fused-ring (bicyclic) bond motifs is 1. The average molecular weight is 291 g/mol. The van der Waals surface area contributed by atoms with Gasteiger partial charge in [-0.3, -0.25) is 0 Å². The Bertz CT molecular complexity index is 638. The van der Waals surface area contributed by atoms with E-state index in [0.717, 1.165) is 17.9 Å². The van der Waals surface area contributed by atoms with Crippen LogP contribution >= 0.6 is 0 Å². The van der Waals surface area contributed by atoms with Crippen LogP contribution in [0, 0.1) is 5.82 Å². The number of nitrogens with zero attached hydrogens (tertiary/aromatic N) is 2. The highest BCUT2D eigenvalue weighted by molar-refractivity contribution is 5.77. The molecule has 5 heteroatoms. The topological polar surface area (TPSA) is 39.1 Å². The molecule has 1 aromatic heterocycles. The first-order valence-electron chi connectivity index (χ1n) is 7.61. The zero-order valence-electron chi connectivity index (χ0n) is 12.8. The third-order valence-electron chi connectivity index (χ3n) is 4.09. The second kappa shape index (κ2) is 5.73. The summed E-state index contributed by atoms with van der Waals surface area (Å²) in [7, 11) is 0. The highest BCUT2D eigenvalue weighted by Crippen LogP contribution is 2.31. The highest BCUT2D eigenvalue weighted by Gasteiger charge is 2.33. The van der Waals surface area contributed by atoms with E-state index in [-0.39, 0.29) is 23.8 Å². The van der Waals surface area contributed by atoms with Gasteiger partial charge in [0.15, 0.2) is 5.82 Å². The summed E-state index contributed by atoms with van der Waals surface area (Å²) in [4.78, 5) is 4.62.